The van der Waals surface area contributed by atoms with E-state index in [0.717, 1.165) is 20.2 Å². The Balaban J connectivity index is 1.63. The van der Waals surface area contributed by atoms with Gasteiger partial charge in [0.1, 0.15) is 6.54 Å². The van der Waals surface area contributed by atoms with Gasteiger partial charge in [-0.15, -0.1) is 0 Å². The highest BCUT2D eigenvalue weighted by Crippen LogP contribution is 2.14. The fraction of sp³-hybridized carbons (Fsp3) is 0.133. The molecule has 0 aliphatic heterocycles. The molecule has 3 aromatic rings. The molecule has 23 heavy (non-hydrogen) atoms. The first-order valence-corrected chi connectivity index (χ1v) is 8.42. The predicted octanol–water partition coefficient (Wildman–Crippen LogP) is 3.29. The molecule has 0 saturated carbocycles. The summed E-state index contributed by atoms with van der Waals surface area (Å²) in [7, 11) is 0. The van der Waals surface area contributed by atoms with Crippen LogP contribution in [0.4, 0.5) is 5.69 Å². The summed E-state index contributed by atoms with van der Waals surface area (Å²) in [5, 5.41) is 11.2. The van der Waals surface area contributed by atoms with Crippen molar-refractivity contribution >= 4 is 43.5 Å². The van der Waals surface area contributed by atoms with Gasteiger partial charge in [-0.1, -0.05) is 12.1 Å². The van der Waals surface area contributed by atoms with Gasteiger partial charge in [0.2, 0.25) is 5.91 Å². The van der Waals surface area contributed by atoms with Crippen LogP contribution in [0.2, 0.25) is 0 Å². The van der Waals surface area contributed by atoms with E-state index in [1.165, 1.54) is 0 Å². The lowest BCUT2D eigenvalue weighted by atomic mass is 10.2. The van der Waals surface area contributed by atoms with Crippen molar-refractivity contribution in [2.24, 2.45) is 0 Å². The summed E-state index contributed by atoms with van der Waals surface area (Å²) in [6, 6.07) is 7.70. The van der Waals surface area contributed by atoms with Gasteiger partial charge in [-0.3, -0.25) is 14.2 Å². The maximum atomic E-state index is 12.1. The number of amides is 1. The minimum Gasteiger partial charge on any atom is -0.324 e. The molecular formula is C15H13Br2N5O. The molecule has 0 atom stereocenters. The summed E-state index contributed by atoms with van der Waals surface area (Å²) in [5.74, 6) is -0.125. The highest BCUT2D eigenvalue weighted by Gasteiger charge is 2.06. The van der Waals surface area contributed by atoms with E-state index in [4.69, 9.17) is 0 Å². The van der Waals surface area contributed by atoms with Crippen LogP contribution in [0, 0.1) is 0 Å². The maximum Gasteiger partial charge on any atom is 0.246 e. The van der Waals surface area contributed by atoms with E-state index in [2.05, 4.69) is 47.4 Å². The number of nitrogens with zero attached hydrogens (tertiary/aromatic N) is 4. The van der Waals surface area contributed by atoms with Gasteiger partial charge in [-0.2, -0.15) is 10.2 Å². The van der Waals surface area contributed by atoms with Crippen molar-refractivity contribution in [1.29, 1.82) is 0 Å². The monoisotopic (exact) mass is 437 g/mol. The second-order valence-corrected chi connectivity index (χ2v) is 6.79. The molecule has 6 nitrogen and oxygen atoms in total. The van der Waals surface area contributed by atoms with E-state index in [0.29, 0.717) is 6.54 Å². The number of carbonyl (C=O) groups excluding carboxylic acids is 1. The van der Waals surface area contributed by atoms with Gasteiger partial charge in [-0.05, 0) is 49.6 Å². The van der Waals surface area contributed by atoms with Crippen molar-refractivity contribution in [1.82, 2.24) is 19.6 Å². The van der Waals surface area contributed by atoms with Crippen LogP contribution in [-0.2, 0) is 17.9 Å². The average Bonchev–Trinajstić information content (AvgIpc) is 3.08. The van der Waals surface area contributed by atoms with Gasteiger partial charge >= 0.3 is 0 Å². The van der Waals surface area contributed by atoms with Crippen molar-refractivity contribution in [2.45, 2.75) is 13.1 Å². The van der Waals surface area contributed by atoms with Gasteiger partial charge < -0.3 is 5.32 Å². The minimum atomic E-state index is -0.125. The Bertz CT molecular complexity index is 827. The quantitative estimate of drug-likeness (QED) is 0.664. The van der Waals surface area contributed by atoms with Crippen molar-refractivity contribution < 1.29 is 4.79 Å². The Hall–Kier alpha value is -1.93. The molecule has 0 bridgehead atoms. The summed E-state index contributed by atoms with van der Waals surface area (Å²) >= 11 is 6.68. The third-order valence-electron chi connectivity index (χ3n) is 3.06. The molecule has 0 aliphatic rings. The normalized spacial score (nSPS) is 10.7. The van der Waals surface area contributed by atoms with E-state index in [1.54, 1.807) is 23.3 Å². The number of nitrogens with one attached hydrogen (secondary N) is 1. The molecule has 1 amide bonds. The summed E-state index contributed by atoms with van der Waals surface area (Å²) in [5.41, 5.74) is 1.81. The van der Waals surface area contributed by atoms with Crippen molar-refractivity contribution in [3.05, 3.63) is 63.6 Å². The molecule has 0 aliphatic carbocycles. The van der Waals surface area contributed by atoms with Gasteiger partial charge in [0, 0.05) is 18.1 Å². The van der Waals surface area contributed by atoms with Crippen LogP contribution in [0.1, 0.15) is 5.56 Å². The zero-order chi connectivity index (χ0) is 16.2. The number of rotatable bonds is 5. The zero-order valence-corrected chi connectivity index (χ0v) is 15.2. The molecule has 8 heteroatoms. The Labute approximate surface area is 149 Å². The third-order valence-corrected chi connectivity index (χ3v) is 3.88. The number of carbonyl (C=O) groups is 1. The number of anilines is 1. The molecule has 118 valence electrons. The number of hydrogen-bond acceptors (Lipinski definition) is 3. The first-order chi connectivity index (χ1) is 11.1. The second kappa shape index (κ2) is 7.10. The molecule has 2 aromatic heterocycles. The van der Waals surface area contributed by atoms with Crippen LogP contribution in [0.5, 0.6) is 0 Å². The van der Waals surface area contributed by atoms with Gasteiger partial charge in [0.05, 0.1) is 27.9 Å². The first-order valence-electron chi connectivity index (χ1n) is 6.83. The lowest BCUT2D eigenvalue weighted by molar-refractivity contribution is -0.116. The van der Waals surface area contributed by atoms with E-state index in [-0.39, 0.29) is 12.5 Å². The van der Waals surface area contributed by atoms with Crippen molar-refractivity contribution in [3.8, 4) is 0 Å². The smallest absolute Gasteiger partial charge is 0.246 e. The SMILES string of the molecule is O=C(Cn1cc(Br)cn1)Nc1cccc(Cn2cc(Br)cn2)c1. The first kappa shape index (κ1) is 15.9. The molecular weight excluding hydrogens is 426 g/mol. The average molecular weight is 439 g/mol. The van der Waals surface area contributed by atoms with Gasteiger partial charge in [-0.25, -0.2) is 0 Å². The maximum absolute atomic E-state index is 12.1. The highest BCUT2D eigenvalue weighted by atomic mass is 79.9. The van der Waals surface area contributed by atoms with Crippen LogP contribution in [-0.4, -0.2) is 25.5 Å². The number of benzene rings is 1. The van der Waals surface area contributed by atoms with Crippen LogP contribution >= 0.6 is 31.9 Å². The summed E-state index contributed by atoms with van der Waals surface area (Å²) < 4.78 is 5.18. The van der Waals surface area contributed by atoms with E-state index < -0.39 is 0 Å². The second-order valence-electron chi connectivity index (χ2n) is 4.96. The number of halogens is 2. The Morgan fingerprint density at radius 1 is 1.09 bits per heavy atom. The predicted molar refractivity (Wildman–Crippen MR) is 94.0 cm³/mol. The standard InChI is InChI=1S/C15H13Br2N5O/c16-12-5-18-21(8-12)7-11-2-1-3-14(4-11)20-15(23)10-22-9-13(17)6-19-22/h1-6,8-9H,7,10H2,(H,20,23). The lowest BCUT2D eigenvalue weighted by Gasteiger charge is -2.08. The van der Waals surface area contributed by atoms with Gasteiger partial charge in [0.15, 0.2) is 0 Å². The molecule has 0 fully saturated rings. The fourth-order valence-corrected chi connectivity index (χ4v) is 2.79. The van der Waals surface area contributed by atoms with Crippen LogP contribution < -0.4 is 5.32 Å². The largest absolute Gasteiger partial charge is 0.324 e. The Morgan fingerprint density at radius 2 is 1.78 bits per heavy atom. The van der Waals surface area contributed by atoms with Crippen LogP contribution in [0.15, 0.2) is 58.0 Å². The molecule has 0 unspecified atom stereocenters. The third kappa shape index (κ3) is 4.52. The lowest BCUT2D eigenvalue weighted by Crippen LogP contribution is -2.19. The molecule has 0 saturated heterocycles. The molecule has 1 aromatic carbocycles. The van der Waals surface area contributed by atoms with Crippen LogP contribution in [0.3, 0.4) is 0 Å². The Morgan fingerprint density at radius 3 is 2.43 bits per heavy atom. The van der Waals surface area contributed by atoms with E-state index >= 15 is 0 Å². The summed E-state index contributed by atoms with van der Waals surface area (Å²) in [6.45, 7) is 0.809. The van der Waals surface area contributed by atoms with Crippen molar-refractivity contribution in [3.63, 3.8) is 0 Å². The minimum absolute atomic E-state index is 0.125. The van der Waals surface area contributed by atoms with Gasteiger partial charge in [0.25, 0.3) is 0 Å². The molecule has 2 heterocycles. The zero-order valence-electron chi connectivity index (χ0n) is 12.0. The molecule has 0 radical (unpaired) electrons. The summed E-state index contributed by atoms with van der Waals surface area (Å²) in [6.07, 6.45) is 7.05. The molecule has 0 spiro atoms. The fourth-order valence-electron chi connectivity index (χ4n) is 2.13. The molecule has 3 rings (SSSR count). The Kier molecular flexibility index (Phi) is 4.92. The van der Waals surface area contributed by atoms with Crippen molar-refractivity contribution in [2.75, 3.05) is 5.32 Å². The molecule has 1 N–H and O–H groups in total. The number of hydrogen-bond donors (Lipinski definition) is 1. The topological polar surface area (TPSA) is 64.7 Å². The summed E-state index contributed by atoms with van der Waals surface area (Å²) in [4.78, 5) is 12.1. The van der Waals surface area contributed by atoms with Crippen LogP contribution in [0.25, 0.3) is 0 Å². The van der Waals surface area contributed by atoms with E-state index in [1.807, 2.05) is 35.1 Å². The van der Waals surface area contributed by atoms with E-state index in [9.17, 15) is 4.79 Å². The number of aromatic nitrogens is 4. The highest BCUT2D eigenvalue weighted by molar-refractivity contribution is 9.10.